The second-order valence-electron chi connectivity index (χ2n) is 5.30. The Kier molecular flexibility index (Phi) is 5.95. The van der Waals surface area contributed by atoms with E-state index < -0.39 is 16.8 Å². The largest absolute Gasteiger partial charge is 0.466 e. The molecule has 2 N–H and O–H groups in total. The van der Waals surface area contributed by atoms with Gasteiger partial charge in [0, 0.05) is 22.2 Å². The first kappa shape index (κ1) is 19.1. The van der Waals surface area contributed by atoms with E-state index in [1.807, 2.05) is 22.6 Å². The minimum absolute atomic E-state index is 0.0248. The zero-order valence-electron chi connectivity index (χ0n) is 13.5. The van der Waals surface area contributed by atoms with Crippen LogP contribution in [-0.4, -0.2) is 53.6 Å². The number of nitrogens with zero attached hydrogens (tertiary/aromatic N) is 2. The number of hydrogen-bond donors (Lipinski definition) is 2. The highest BCUT2D eigenvalue weighted by Gasteiger charge is 2.35. The van der Waals surface area contributed by atoms with E-state index in [1.54, 1.807) is 6.92 Å². The number of non-ortho nitro benzene ring substituents is 1. The van der Waals surface area contributed by atoms with Crippen LogP contribution in [0.5, 0.6) is 0 Å². The quantitative estimate of drug-likeness (QED) is 0.283. The monoisotopic (exact) mass is 461 g/mol. The number of carbonyl (C=O) groups excluding carboxylic acids is 2. The summed E-state index contributed by atoms with van der Waals surface area (Å²) >= 11 is 1.92. The number of methoxy groups -OCH3 is 1. The third-order valence-electron chi connectivity index (χ3n) is 3.69. The van der Waals surface area contributed by atoms with E-state index in [0.29, 0.717) is 14.8 Å². The fourth-order valence-electron chi connectivity index (χ4n) is 2.46. The standard InChI is InChI=1S/C15H16IN3O6/c1-8-5-9(19(23)24)6-11(16)12(8)17-13-10(15(22)25-2)7-18(3-4-20)14(13)21/h5-6,17,20H,3-4,7H2,1-2H3. The lowest BCUT2D eigenvalue weighted by Gasteiger charge is -2.16. The number of nitro benzene ring substituents is 1. The lowest BCUT2D eigenvalue weighted by atomic mass is 10.1. The van der Waals surface area contributed by atoms with Gasteiger partial charge in [-0.05, 0) is 35.1 Å². The average Bonchev–Trinajstić information content (AvgIpc) is 2.86. The minimum Gasteiger partial charge on any atom is -0.466 e. The molecule has 0 aromatic heterocycles. The molecule has 1 aliphatic heterocycles. The molecule has 25 heavy (non-hydrogen) atoms. The zero-order valence-corrected chi connectivity index (χ0v) is 15.7. The van der Waals surface area contributed by atoms with Gasteiger partial charge in [-0.15, -0.1) is 0 Å². The maximum atomic E-state index is 12.5. The van der Waals surface area contributed by atoms with Crippen molar-refractivity contribution < 1.29 is 24.4 Å². The fourth-order valence-corrected chi connectivity index (χ4v) is 3.34. The first-order chi connectivity index (χ1) is 11.8. The van der Waals surface area contributed by atoms with Crippen LogP contribution in [0.3, 0.4) is 0 Å². The van der Waals surface area contributed by atoms with Gasteiger partial charge in [0.05, 0.1) is 36.4 Å². The number of halogens is 1. The van der Waals surface area contributed by atoms with E-state index in [0.717, 1.165) is 0 Å². The van der Waals surface area contributed by atoms with E-state index in [-0.39, 0.29) is 36.7 Å². The number of nitrogens with one attached hydrogen (secondary N) is 1. The molecule has 134 valence electrons. The van der Waals surface area contributed by atoms with Crippen molar-refractivity contribution in [1.82, 2.24) is 4.90 Å². The number of β-amino-alcohol motifs (C(OH)–C–C–N with tert-alkyl or cyclic N) is 1. The molecule has 0 atom stereocenters. The van der Waals surface area contributed by atoms with Crippen molar-refractivity contribution in [3.63, 3.8) is 0 Å². The van der Waals surface area contributed by atoms with Crippen molar-refractivity contribution in [2.45, 2.75) is 6.92 Å². The lowest BCUT2D eigenvalue weighted by Crippen LogP contribution is -2.31. The molecule has 0 radical (unpaired) electrons. The number of aryl methyl sites for hydroxylation is 1. The number of carbonyl (C=O) groups is 2. The highest BCUT2D eigenvalue weighted by Crippen LogP contribution is 2.31. The van der Waals surface area contributed by atoms with Crippen LogP contribution in [0.2, 0.25) is 0 Å². The Morgan fingerprint density at radius 3 is 2.72 bits per heavy atom. The van der Waals surface area contributed by atoms with Gasteiger partial charge in [-0.2, -0.15) is 0 Å². The Balaban J connectivity index is 2.43. The smallest absolute Gasteiger partial charge is 0.337 e. The third-order valence-corrected chi connectivity index (χ3v) is 4.54. The molecule has 1 aromatic rings. The molecule has 2 rings (SSSR count). The summed E-state index contributed by atoms with van der Waals surface area (Å²) in [6.07, 6.45) is 0. The molecule has 0 saturated carbocycles. The van der Waals surface area contributed by atoms with Gasteiger partial charge >= 0.3 is 5.97 Å². The molecule has 0 aliphatic carbocycles. The molecule has 10 heteroatoms. The Morgan fingerprint density at radius 1 is 1.52 bits per heavy atom. The number of aliphatic hydroxyl groups excluding tert-OH is 1. The first-order valence-electron chi connectivity index (χ1n) is 7.23. The van der Waals surface area contributed by atoms with E-state index in [4.69, 9.17) is 9.84 Å². The number of rotatable bonds is 6. The van der Waals surface area contributed by atoms with E-state index in [9.17, 15) is 19.7 Å². The Labute approximate surface area is 156 Å². The molecule has 0 fully saturated rings. The van der Waals surface area contributed by atoms with Crippen molar-refractivity contribution >= 4 is 45.8 Å². The van der Waals surface area contributed by atoms with Crippen molar-refractivity contribution in [3.05, 3.63) is 42.7 Å². The molecule has 1 aliphatic rings. The molecule has 1 amide bonds. The van der Waals surface area contributed by atoms with Crippen molar-refractivity contribution in [2.24, 2.45) is 0 Å². The van der Waals surface area contributed by atoms with Crippen molar-refractivity contribution in [3.8, 4) is 0 Å². The normalized spacial score (nSPS) is 14.1. The minimum atomic E-state index is -0.647. The summed E-state index contributed by atoms with van der Waals surface area (Å²) in [4.78, 5) is 36.2. The van der Waals surface area contributed by atoms with E-state index in [2.05, 4.69) is 5.32 Å². The van der Waals surface area contributed by atoms with Crippen LogP contribution in [-0.2, 0) is 14.3 Å². The number of anilines is 1. The molecular weight excluding hydrogens is 445 g/mol. The molecule has 1 heterocycles. The molecular formula is C15H16IN3O6. The van der Waals surface area contributed by atoms with E-state index >= 15 is 0 Å². The molecule has 0 saturated heterocycles. The summed E-state index contributed by atoms with van der Waals surface area (Å²) in [5.74, 6) is -1.09. The Morgan fingerprint density at radius 2 is 2.20 bits per heavy atom. The maximum Gasteiger partial charge on any atom is 0.337 e. The second-order valence-corrected chi connectivity index (χ2v) is 6.46. The summed E-state index contributed by atoms with van der Waals surface area (Å²) in [6.45, 7) is 1.54. The van der Waals surface area contributed by atoms with Crippen LogP contribution in [0.25, 0.3) is 0 Å². The van der Waals surface area contributed by atoms with Crippen LogP contribution in [0.1, 0.15) is 5.56 Å². The molecule has 0 bridgehead atoms. The predicted octanol–water partition coefficient (Wildman–Crippen LogP) is 1.18. The summed E-state index contributed by atoms with van der Waals surface area (Å²) in [5.41, 5.74) is 1.20. The van der Waals surface area contributed by atoms with Crippen LogP contribution in [0, 0.1) is 20.6 Å². The second kappa shape index (κ2) is 7.78. The third kappa shape index (κ3) is 3.90. The first-order valence-corrected chi connectivity index (χ1v) is 8.31. The number of ether oxygens (including phenoxy) is 1. The van der Waals surface area contributed by atoms with Crippen LogP contribution >= 0.6 is 22.6 Å². The fraction of sp³-hybridized carbons (Fsp3) is 0.333. The van der Waals surface area contributed by atoms with Crippen LogP contribution in [0.15, 0.2) is 23.4 Å². The molecule has 1 aromatic carbocycles. The van der Waals surface area contributed by atoms with Gasteiger partial charge in [-0.25, -0.2) is 4.79 Å². The van der Waals surface area contributed by atoms with Gasteiger partial charge in [0.15, 0.2) is 0 Å². The van der Waals surface area contributed by atoms with Crippen LogP contribution in [0.4, 0.5) is 11.4 Å². The maximum absolute atomic E-state index is 12.5. The highest BCUT2D eigenvalue weighted by atomic mass is 127. The summed E-state index contributed by atoms with van der Waals surface area (Å²) in [5, 5.41) is 22.9. The van der Waals surface area contributed by atoms with Gasteiger partial charge in [0.1, 0.15) is 5.70 Å². The van der Waals surface area contributed by atoms with E-state index in [1.165, 1.54) is 24.1 Å². The predicted molar refractivity (Wildman–Crippen MR) is 96.9 cm³/mol. The number of nitro groups is 1. The van der Waals surface area contributed by atoms with Gasteiger partial charge in [-0.3, -0.25) is 14.9 Å². The van der Waals surface area contributed by atoms with Crippen molar-refractivity contribution in [2.75, 3.05) is 32.1 Å². The molecule has 0 spiro atoms. The Hall–Kier alpha value is -2.21. The topological polar surface area (TPSA) is 122 Å². The number of esters is 1. The summed E-state index contributed by atoms with van der Waals surface area (Å²) in [6, 6.07) is 2.76. The van der Waals surface area contributed by atoms with Gasteiger partial charge in [-0.1, -0.05) is 0 Å². The number of hydrogen-bond acceptors (Lipinski definition) is 7. The SMILES string of the molecule is COC(=O)C1=C(Nc2c(C)cc([N+](=O)[O-])cc2I)C(=O)N(CCO)C1. The molecule has 0 unspecified atom stereocenters. The van der Waals surface area contributed by atoms with Crippen LogP contribution < -0.4 is 5.32 Å². The Bertz CT molecular complexity index is 754. The lowest BCUT2D eigenvalue weighted by molar-refractivity contribution is -0.385. The van der Waals surface area contributed by atoms with Crippen molar-refractivity contribution in [1.29, 1.82) is 0 Å². The van der Waals surface area contributed by atoms with Gasteiger partial charge < -0.3 is 20.1 Å². The summed E-state index contributed by atoms with van der Waals surface area (Å²) in [7, 11) is 1.22. The summed E-state index contributed by atoms with van der Waals surface area (Å²) < 4.78 is 5.26. The van der Waals surface area contributed by atoms with Gasteiger partial charge in [0.2, 0.25) is 0 Å². The average molecular weight is 461 g/mol. The zero-order chi connectivity index (χ0) is 18.7. The number of aliphatic hydroxyl groups is 1. The molecule has 9 nitrogen and oxygen atoms in total. The number of benzene rings is 1. The van der Waals surface area contributed by atoms with Gasteiger partial charge in [0.25, 0.3) is 11.6 Å². The highest BCUT2D eigenvalue weighted by molar-refractivity contribution is 14.1. The number of amides is 1.